The van der Waals surface area contributed by atoms with Crippen molar-refractivity contribution in [2.75, 3.05) is 7.11 Å². The van der Waals surface area contributed by atoms with Crippen molar-refractivity contribution >= 4 is 11.9 Å². The Morgan fingerprint density at radius 2 is 1.94 bits per heavy atom. The topological polar surface area (TPSA) is 52.6 Å². The lowest BCUT2D eigenvalue weighted by atomic mass is 10.2. The minimum absolute atomic E-state index is 0.105. The summed E-state index contributed by atoms with van der Waals surface area (Å²) in [5.74, 6) is -3.54. The molecule has 0 amide bonds. The second-order valence-corrected chi connectivity index (χ2v) is 3.63. The highest BCUT2D eigenvalue weighted by Crippen LogP contribution is 2.11. The molecule has 0 heterocycles. The summed E-state index contributed by atoms with van der Waals surface area (Å²) in [6, 6.07) is 2.67. The van der Waals surface area contributed by atoms with Crippen molar-refractivity contribution in [2.24, 2.45) is 0 Å². The van der Waals surface area contributed by atoms with Crippen molar-refractivity contribution in [2.45, 2.75) is 19.4 Å². The number of benzene rings is 1. The lowest BCUT2D eigenvalue weighted by Crippen LogP contribution is -2.19. The van der Waals surface area contributed by atoms with Gasteiger partial charge in [-0.05, 0) is 25.1 Å². The van der Waals surface area contributed by atoms with Gasteiger partial charge in [0.25, 0.3) is 0 Å². The van der Waals surface area contributed by atoms with Crippen molar-refractivity contribution in [3.05, 3.63) is 35.4 Å². The summed E-state index contributed by atoms with van der Waals surface area (Å²) in [6.07, 6.45) is -0.815. The largest absolute Gasteiger partial charge is 0.469 e. The Morgan fingerprint density at radius 3 is 2.50 bits per heavy atom. The first-order chi connectivity index (χ1) is 8.43. The molecule has 0 aliphatic heterocycles. The van der Waals surface area contributed by atoms with E-state index < -0.39 is 29.7 Å². The Labute approximate surface area is 103 Å². The molecule has 1 atom stereocenters. The van der Waals surface area contributed by atoms with Crippen LogP contribution in [0.15, 0.2) is 18.2 Å². The summed E-state index contributed by atoms with van der Waals surface area (Å²) < 4.78 is 34.8. The third kappa shape index (κ3) is 3.80. The Kier molecular flexibility index (Phi) is 4.76. The number of carbonyl (C=O) groups is 2. The van der Waals surface area contributed by atoms with Crippen LogP contribution in [0.2, 0.25) is 0 Å². The lowest BCUT2D eigenvalue weighted by Gasteiger charge is -2.11. The summed E-state index contributed by atoms with van der Waals surface area (Å²) in [4.78, 5) is 22.4. The molecule has 1 aromatic rings. The van der Waals surface area contributed by atoms with Gasteiger partial charge in [0.1, 0.15) is 6.10 Å². The molecule has 1 aromatic carbocycles. The van der Waals surface area contributed by atoms with Gasteiger partial charge in [-0.2, -0.15) is 0 Å². The van der Waals surface area contributed by atoms with Crippen LogP contribution in [-0.2, 0) is 14.3 Å². The van der Waals surface area contributed by atoms with E-state index in [0.717, 1.165) is 18.2 Å². The van der Waals surface area contributed by atoms with Gasteiger partial charge in [-0.25, -0.2) is 13.6 Å². The highest BCUT2D eigenvalue weighted by molar-refractivity contribution is 5.89. The monoisotopic (exact) mass is 258 g/mol. The number of carbonyl (C=O) groups excluding carboxylic acids is 2. The Morgan fingerprint density at radius 1 is 1.28 bits per heavy atom. The van der Waals surface area contributed by atoms with Crippen molar-refractivity contribution < 1.29 is 27.8 Å². The predicted octanol–water partition coefficient (Wildman–Crippen LogP) is 2.07. The van der Waals surface area contributed by atoms with E-state index in [0.29, 0.717) is 0 Å². The van der Waals surface area contributed by atoms with Crippen LogP contribution in [-0.4, -0.2) is 25.2 Å². The minimum Gasteiger partial charge on any atom is -0.469 e. The molecular formula is C12H12F2O4. The van der Waals surface area contributed by atoms with Crippen LogP contribution < -0.4 is 0 Å². The van der Waals surface area contributed by atoms with Crippen LogP contribution in [0.3, 0.4) is 0 Å². The Bertz CT molecular complexity index is 459. The van der Waals surface area contributed by atoms with Crippen molar-refractivity contribution in [1.82, 2.24) is 0 Å². The maximum Gasteiger partial charge on any atom is 0.338 e. The number of rotatable bonds is 4. The van der Waals surface area contributed by atoms with E-state index in [1.165, 1.54) is 14.0 Å². The van der Waals surface area contributed by atoms with Crippen LogP contribution in [0.5, 0.6) is 0 Å². The molecule has 0 saturated carbocycles. The van der Waals surface area contributed by atoms with Gasteiger partial charge in [0.15, 0.2) is 11.6 Å². The first-order valence-electron chi connectivity index (χ1n) is 5.17. The van der Waals surface area contributed by atoms with Gasteiger partial charge in [-0.15, -0.1) is 0 Å². The molecule has 98 valence electrons. The third-order valence-corrected chi connectivity index (χ3v) is 2.15. The standard InChI is InChI=1S/C12H12F2O4/c1-7(5-11(15)17-2)18-12(16)8-3-4-9(13)10(14)6-8/h3-4,6-7H,5H2,1-2H3/t7-/m1/s1. The van der Waals surface area contributed by atoms with E-state index in [1.807, 2.05) is 0 Å². The molecule has 0 aliphatic carbocycles. The quantitative estimate of drug-likeness (QED) is 0.776. The van der Waals surface area contributed by atoms with Crippen molar-refractivity contribution in [3.8, 4) is 0 Å². The van der Waals surface area contributed by atoms with Crippen LogP contribution in [0.1, 0.15) is 23.7 Å². The molecule has 0 aromatic heterocycles. The number of hydrogen-bond acceptors (Lipinski definition) is 4. The molecule has 18 heavy (non-hydrogen) atoms. The van der Waals surface area contributed by atoms with Gasteiger partial charge < -0.3 is 9.47 Å². The molecule has 0 radical (unpaired) electrons. The fourth-order valence-electron chi connectivity index (χ4n) is 1.23. The van der Waals surface area contributed by atoms with Crippen LogP contribution >= 0.6 is 0 Å². The van der Waals surface area contributed by atoms with E-state index in [-0.39, 0.29) is 12.0 Å². The van der Waals surface area contributed by atoms with Gasteiger partial charge >= 0.3 is 11.9 Å². The summed E-state index contributed by atoms with van der Waals surface area (Å²) in [6.45, 7) is 1.49. The van der Waals surface area contributed by atoms with Gasteiger partial charge in [-0.1, -0.05) is 0 Å². The number of methoxy groups -OCH3 is 1. The summed E-state index contributed by atoms with van der Waals surface area (Å²) in [7, 11) is 1.21. The number of halogens is 2. The maximum absolute atomic E-state index is 12.9. The highest BCUT2D eigenvalue weighted by atomic mass is 19.2. The van der Waals surface area contributed by atoms with E-state index >= 15 is 0 Å². The molecule has 0 fully saturated rings. The molecule has 0 saturated heterocycles. The zero-order chi connectivity index (χ0) is 13.7. The molecule has 0 aliphatic rings. The normalized spacial score (nSPS) is 11.8. The molecule has 1 rings (SSSR count). The predicted molar refractivity (Wildman–Crippen MR) is 57.9 cm³/mol. The van der Waals surface area contributed by atoms with E-state index in [9.17, 15) is 18.4 Å². The van der Waals surface area contributed by atoms with Crippen molar-refractivity contribution in [3.63, 3.8) is 0 Å². The fourth-order valence-corrected chi connectivity index (χ4v) is 1.23. The van der Waals surface area contributed by atoms with Crippen molar-refractivity contribution in [1.29, 1.82) is 0 Å². The zero-order valence-corrected chi connectivity index (χ0v) is 9.91. The summed E-state index contributed by atoms with van der Waals surface area (Å²) in [5, 5.41) is 0. The van der Waals surface area contributed by atoms with E-state index in [4.69, 9.17) is 4.74 Å². The first-order valence-corrected chi connectivity index (χ1v) is 5.17. The van der Waals surface area contributed by atoms with E-state index in [2.05, 4.69) is 4.74 Å². The van der Waals surface area contributed by atoms with E-state index in [1.54, 1.807) is 0 Å². The maximum atomic E-state index is 12.9. The molecule has 0 spiro atoms. The molecular weight excluding hydrogens is 246 g/mol. The second-order valence-electron chi connectivity index (χ2n) is 3.63. The van der Waals surface area contributed by atoms with Gasteiger partial charge in [0.05, 0.1) is 19.1 Å². The summed E-state index contributed by atoms with van der Waals surface area (Å²) >= 11 is 0. The van der Waals surface area contributed by atoms with Gasteiger partial charge in [0, 0.05) is 0 Å². The molecule has 6 heteroatoms. The highest BCUT2D eigenvalue weighted by Gasteiger charge is 2.16. The average Bonchev–Trinajstić information content (AvgIpc) is 2.32. The smallest absolute Gasteiger partial charge is 0.338 e. The third-order valence-electron chi connectivity index (χ3n) is 2.15. The van der Waals surface area contributed by atoms with Gasteiger partial charge in [-0.3, -0.25) is 4.79 Å². The number of esters is 2. The first kappa shape index (κ1) is 14.1. The number of hydrogen-bond donors (Lipinski definition) is 0. The zero-order valence-electron chi connectivity index (χ0n) is 9.91. The lowest BCUT2D eigenvalue weighted by molar-refractivity contribution is -0.142. The molecule has 4 nitrogen and oxygen atoms in total. The average molecular weight is 258 g/mol. The number of ether oxygens (including phenoxy) is 2. The Balaban J connectivity index is 2.64. The molecule has 0 bridgehead atoms. The molecule has 0 unspecified atom stereocenters. The fraction of sp³-hybridized carbons (Fsp3) is 0.333. The Hall–Kier alpha value is -1.98. The second kappa shape index (κ2) is 6.09. The minimum atomic E-state index is -1.13. The van der Waals surface area contributed by atoms with Crippen LogP contribution in [0.25, 0.3) is 0 Å². The van der Waals surface area contributed by atoms with Crippen LogP contribution in [0, 0.1) is 11.6 Å². The molecule has 0 N–H and O–H groups in total. The van der Waals surface area contributed by atoms with Crippen LogP contribution in [0.4, 0.5) is 8.78 Å². The summed E-state index contributed by atoms with van der Waals surface area (Å²) in [5.41, 5.74) is -0.120. The SMILES string of the molecule is COC(=O)C[C@@H](C)OC(=O)c1ccc(F)c(F)c1. The van der Waals surface area contributed by atoms with Gasteiger partial charge in [0.2, 0.25) is 0 Å².